The van der Waals surface area contributed by atoms with E-state index >= 15 is 0 Å². The molecule has 0 saturated heterocycles. The van der Waals surface area contributed by atoms with Gasteiger partial charge in [-0.25, -0.2) is 4.68 Å². The molecule has 0 aliphatic carbocycles. The Kier molecular flexibility index (Phi) is 5.22. The number of hydrogen-bond acceptors (Lipinski definition) is 6. The number of nitrogens with zero attached hydrogens (tertiary/aromatic N) is 5. The number of hydrogen-bond donors (Lipinski definition) is 1. The van der Waals surface area contributed by atoms with Crippen molar-refractivity contribution in [3.8, 4) is 22.9 Å². The number of nitrogens with one attached hydrogen (secondary N) is 1. The minimum atomic E-state index is 0.467. The number of benzene rings is 3. The van der Waals surface area contributed by atoms with Gasteiger partial charge in [0, 0.05) is 11.3 Å². The van der Waals surface area contributed by atoms with E-state index in [1.54, 1.807) is 0 Å². The molecule has 152 valence electrons. The van der Waals surface area contributed by atoms with Crippen molar-refractivity contribution in [2.75, 3.05) is 5.32 Å². The highest BCUT2D eigenvalue weighted by Crippen LogP contribution is 2.29. The molecule has 2 aromatic heterocycles. The number of para-hydroxylation sites is 1. The molecule has 3 aromatic carbocycles. The first kappa shape index (κ1) is 18.7. The summed E-state index contributed by atoms with van der Waals surface area (Å²) in [5, 5.41) is 20.3. The molecular formula is C24H20N6O. The molecule has 1 N–H and O–H groups in total. The second-order valence-corrected chi connectivity index (χ2v) is 7.07. The molecule has 0 atom stereocenters. The van der Waals surface area contributed by atoms with Crippen LogP contribution in [-0.2, 0) is 13.1 Å². The summed E-state index contributed by atoms with van der Waals surface area (Å²) in [5.74, 6) is 0.962. The average molecular weight is 408 g/mol. The average Bonchev–Trinajstić information content (AvgIpc) is 3.49. The van der Waals surface area contributed by atoms with Crippen LogP contribution in [0.5, 0.6) is 0 Å². The molecule has 7 heteroatoms. The topological polar surface area (TPSA) is 81.7 Å². The first-order chi connectivity index (χ1) is 15.3. The van der Waals surface area contributed by atoms with Crippen molar-refractivity contribution >= 4 is 5.69 Å². The SMILES string of the molecule is c1ccc(Cn2cc(CNc3ccccc3-c3nnc(-c4ccccc4)o3)nn2)cc1. The van der Waals surface area contributed by atoms with Gasteiger partial charge in [0.05, 0.1) is 24.8 Å². The van der Waals surface area contributed by atoms with Crippen molar-refractivity contribution in [1.29, 1.82) is 0 Å². The molecule has 2 heterocycles. The van der Waals surface area contributed by atoms with E-state index in [4.69, 9.17) is 4.42 Å². The lowest BCUT2D eigenvalue weighted by molar-refractivity contribution is 0.585. The van der Waals surface area contributed by atoms with Gasteiger partial charge in [0.25, 0.3) is 0 Å². The Bertz CT molecular complexity index is 1260. The molecule has 5 aromatic rings. The normalized spacial score (nSPS) is 10.8. The van der Waals surface area contributed by atoms with Crippen LogP contribution < -0.4 is 5.32 Å². The first-order valence-electron chi connectivity index (χ1n) is 10.0. The van der Waals surface area contributed by atoms with E-state index in [1.165, 1.54) is 5.56 Å². The second kappa shape index (κ2) is 8.62. The van der Waals surface area contributed by atoms with Crippen LogP contribution in [-0.4, -0.2) is 25.2 Å². The Balaban J connectivity index is 1.30. The van der Waals surface area contributed by atoms with E-state index in [-0.39, 0.29) is 0 Å². The molecule has 0 saturated carbocycles. The summed E-state index contributed by atoms with van der Waals surface area (Å²) in [6.07, 6.45) is 1.95. The van der Waals surface area contributed by atoms with Crippen molar-refractivity contribution in [2.24, 2.45) is 0 Å². The van der Waals surface area contributed by atoms with Gasteiger partial charge in [-0.15, -0.1) is 15.3 Å². The third kappa shape index (κ3) is 4.35. The van der Waals surface area contributed by atoms with Gasteiger partial charge in [0.1, 0.15) is 5.69 Å². The minimum absolute atomic E-state index is 0.467. The second-order valence-electron chi connectivity index (χ2n) is 7.07. The van der Waals surface area contributed by atoms with Crippen LogP contribution >= 0.6 is 0 Å². The highest BCUT2D eigenvalue weighted by Gasteiger charge is 2.14. The molecular weight excluding hydrogens is 388 g/mol. The van der Waals surface area contributed by atoms with Crippen LogP contribution in [0.3, 0.4) is 0 Å². The van der Waals surface area contributed by atoms with Crippen LogP contribution in [0.2, 0.25) is 0 Å². The van der Waals surface area contributed by atoms with Crippen molar-refractivity contribution in [3.05, 3.63) is 102 Å². The molecule has 5 rings (SSSR count). The molecule has 0 radical (unpaired) electrons. The van der Waals surface area contributed by atoms with Crippen molar-refractivity contribution in [2.45, 2.75) is 13.1 Å². The third-order valence-electron chi connectivity index (χ3n) is 4.84. The lowest BCUT2D eigenvalue weighted by Gasteiger charge is -2.08. The first-order valence-corrected chi connectivity index (χ1v) is 10.0. The van der Waals surface area contributed by atoms with E-state index in [0.717, 1.165) is 22.5 Å². The minimum Gasteiger partial charge on any atom is -0.416 e. The highest BCUT2D eigenvalue weighted by atomic mass is 16.4. The maximum absolute atomic E-state index is 5.92. The zero-order valence-electron chi connectivity index (χ0n) is 16.7. The Labute approximate surface area is 179 Å². The van der Waals surface area contributed by atoms with Crippen molar-refractivity contribution < 1.29 is 4.42 Å². The predicted octanol–water partition coefficient (Wildman–Crippen LogP) is 4.66. The van der Waals surface area contributed by atoms with Crippen LogP contribution in [0.25, 0.3) is 22.9 Å². The maximum Gasteiger partial charge on any atom is 0.250 e. The van der Waals surface area contributed by atoms with Gasteiger partial charge in [-0.05, 0) is 29.8 Å². The Morgan fingerprint density at radius 1 is 0.742 bits per heavy atom. The summed E-state index contributed by atoms with van der Waals surface area (Å²) < 4.78 is 7.76. The summed E-state index contributed by atoms with van der Waals surface area (Å²) >= 11 is 0. The van der Waals surface area contributed by atoms with E-state index in [0.29, 0.717) is 24.9 Å². The van der Waals surface area contributed by atoms with Gasteiger partial charge in [-0.1, -0.05) is 65.9 Å². The molecule has 0 bridgehead atoms. The van der Waals surface area contributed by atoms with Gasteiger partial charge >= 0.3 is 0 Å². The van der Waals surface area contributed by atoms with E-state index in [2.05, 4.69) is 38.0 Å². The quantitative estimate of drug-likeness (QED) is 0.422. The van der Waals surface area contributed by atoms with Gasteiger partial charge in [-0.3, -0.25) is 0 Å². The lowest BCUT2D eigenvalue weighted by Crippen LogP contribution is -2.01. The maximum atomic E-state index is 5.92. The van der Waals surface area contributed by atoms with Crippen LogP contribution in [0.15, 0.2) is 95.5 Å². The fourth-order valence-electron chi connectivity index (χ4n) is 3.31. The molecule has 0 aliphatic heterocycles. The number of aromatic nitrogens is 5. The van der Waals surface area contributed by atoms with E-state index < -0.39 is 0 Å². The van der Waals surface area contributed by atoms with Gasteiger partial charge in [0.2, 0.25) is 11.8 Å². The Morgan fingerprint density at radius 2 is 1.45 bits per heavy atom. The fourth-order valence-corrected chi connectivity index (χ4v) is 3.31. The largest absolute Gasteiger partial charge is 0.416 e. The highest BCUT2D eigenvalue weighted by molar-refractivity contribution is 5.72. The van der Waals surface area contributed by atoms with Crippen molar-refractivity contribution in [1.82, 2.24) is 25.2 Å². The summed E-state index contributed by atoms with van der Waals surface area (Å²) in [6.45, 7) is 1.22. The van der Waals surface area contributed by atoms with Gasteiger partial charge in [-0.2, -0.15) is 0 Å². The monoisotopic (exact) mass is 408 g/mol. The molecule has 7 nitrogen and oxygen atoms in total. The molecule has 0 fully saturated rings. The predicted molar refractivity (Wildman–Crippen MR) is 118 cm³/mol. The van der Waals surface area contributed by atoms with Crippen LogP contribution in [0, 0.1) is 0 Å². The molecule has 0 unspecified atom stereocenters. The van der Waals surface area contributed by atoms with Crippen LogP contribution in [0.1, 0.15) is 11.3 Å². The van der Waals surface area contributed by atoms with Gasteiger partial charge in [0.15, 0.2) is 0 Å². The summed E-state index contributed by atoms with van der Waals surface area (Å²) in [4.78, 5) is 0. The van der Waals surface area contributed by atoms with E-state index in [9.17, 15) is 0 Å². The van der Waals surface area contributed by atoms with Crippen LogP contribution in [0.4, 0.5) is 5.69 Å². The zero-order valence-corrected chi connectivity index (χ0v) is 16.7. The van der Waals surface area contributed by atoms with Crippen molar-refractivity contribution in [3.63, 3.8) is 0 Å². The van der Waals surface area contributed by atoms with E-state index in [1.807, 2.05) is 83.7 Å². The molecule has 0 aliphatic rings. The third-order valence-corrected chi connectivity index (χ3v) is 4.84. The smallest absolute Gasteiger partial charge is 0.250 e. The fraction of sp³-hybridized carbons (Fsp3) is 0.0833. The lowest BCUT2D eigenvalue weighted by atomic mass is 10.1. The molecule has 0 amide bonds. The zero-order chi connectivity index (χ0) is 20.9. The molecule has 31 heavy (non-hydrogen) atoms. The van der Waals surface area contributed by atoms with Gasteiger partial charge < -0.3 is 9.73 Å². The Hall–Kier alpha value is -4.26. The summed E-state index contributed by atoms with van der Waals surface area (Å²) in [6, 6.07) is 27.8. The standard InChI is InChI=1S/C24H20N6O/c1-3-9-18(10-4-1)16-30-17-20(26-29-30)15-25-22-14-8-7-13-21(22)24-28-27-23(31-24)19-11-5-2-6-12-19/h1-14,17,25H,15-16H2. The molecule has 0 spiro atoms. The number of anilines is 1. The summed E-state index contributed by atoms with van der Waals surface area (Å²) in [5.41, 5.74) is 4.66. The summed E-state index contributed by atoms with van der Waals surface area (Å²) in [7, 11) is 0. The Morgan fingerprint density at radius 3 is 2.29 bits per heavy atom. The number of rotatable bonds is 7.